The zero-order valence-corrected chi connectivity index (χ0v) is 15.1. The largest absolute Gasteiger partial charge is 0.497 e. The maximum absolute atomic E-state index is 13.2. The number of carbonyl (C=O) groups excluding carboxylic acids is 1. The summed E-state index contributed by atoms with van der Waals surface area (Å²) in [6.07, 6.45) is 2.37. The lowest BCUT2D eigenvalue weighted by Crippen LogP contribution is -2.60. The van der Waals surface area contributed by atoms with Crippen molar-refractivity contribution in [2.45, 2.75) is 18.6 Å². The van der Waals surface area contributed by atoms with E-state index in [2.05, 4.69) is 16.9 Å². The Bertz CT molecular complexity index is 773. The molecule has 0 bridgehead atoms. The summed E-state index contributed by atoms with van der Waals surface area (Å²) in [6, 6.07) is 7.47. The van der Waals surface area contributed by atoms with Crippen molar-refractivity contribution in [3.63, 3.8) is 0 Å². The molecular weight excluding hydrogens is 334 g/mol. The molecule has 0 spiro atoms. The van der Waals surface area contributed by atoms with E-state index < -0.39 is 0 Å². The first-order valence-electron chi connectivity index (χ1n) is 8.86. The highest BCUT2D eigenvalue weighted by Crippen LogP contribution is 2.29. The number of piperidine rings is 1. The average molecular weight is 357 g/mol. The van der Waals surface area contributed by atoms with Gasteiger partial charge in [-0.1, -0.05) is 0 Å². The zero-order chi connectivity index (χ0) is 18.1. The van der Waals surface area contributed by atoms with Gasteiger partial charge in [0.15, 0.2) is 17.8 Å². The number of oxazole rings is 1. The van der Waals surface area contributed by atoms with Crippen molar-refractivity contribution >= 4 is 5.91 Å². The molecule has 0 radical (unpaired) electrons. The Labute approximate surface area is 152 Å². The van der Waals surface area contributed by atoms with Gasteiger partial charge in [0.2, 0.25) is 0 Å². The number of hydrogen-bond acceptors (Lipinski definition) is 6. The van der Waals surface area contributed by atoms with Crippen molar-refractivity contribution in [1.29, 1.82) is 0 Å². The molecule has 0 N–H and O–H groups in total. The monoisotopic (exact) mass is 357 g/mol. The van der Waals surface area contributed by atoms with E-state index in [1.165, 1.54) is 6.39 Å². The quantitative estimate of drug-likeness (QED) is 0.836. The molecule has 2 aliphatic rings. The summed E-state index contributed by atoms with van der Waals surface area (Å²) in [5, 5.41) is 0. The molecule has 0 aliphatic carbocycles. The van der Waals surface area contributed by atoms with E-state index in [0.29, 0.717) is 24.6 Å². The number of likely N-dealkylation sites (tertiary alicyclic amines) is 1. The van der Waals surface area contributed by atoms with Gasteiger partial charge in [-0.25, -0.2) is 4.98 Å². The fourth-order valence-corrected chi connectivity index (χ4v) is 3.76. The normalized spacial score (nSPS) is 23.5. The first-order chi connectivity index (χ1) is 12.7. The van der Waals surface area contributed by atoms with Crippen LogP contribution in [0.25, 0.3) is 11.3 Å². The Kier molecular flexibility index (Phi) is 4.65. The van der Waals surface area contributed by atoms with E-state index in [0.717, 1.165) is 30.8 Å². The van der Waals surface area contributed by atoms with E-state index in [9.17, 15) is 4.79 Å². The SMILES string of the molecule is COc1ccc(-c2ocnc2C(=O)N2CCO[C@@H]3CCN(C)C[C@@H]32)cc1. The number of nitrogens with zero attached hydrogens (tertiary/aromatic N) is 3. The molecule has 138 valence electrons. The number of carbonyl (C=O) groups is 1. The number of fused-ring (bicyclic) bond motifs is 1. The fraction of sp³-hybridized carbons (Fsp3) is 0.474. The number of morpholine rings is 1. The van der Waals surface area contributed by atoms with Gasteiger partial charge in [0.25, 0.3) is 5.91 Å². The Morgan fingerprint density at radius 2 is 2.08 bits per heavy atom. The van der Waals surface area contributed by atoms with Crippen LogP contribution in [0.3, 0.4) is 0 Å². The highest BCUT2D eigenvalue weighted by molar-refractivity contribution is 5.98. The van der Waals surface area contributed by atoms with Crippen LogP contribution in [0.1, 0.15) is 16.9 Å². The maximum Gasteiger partial charge on any atom is 0.276 e. The maximum atomic E-state index is 13.2. The van der Waals surface area contributed by atoms with Crippen LogP contribution < -0.4 is 4.74 Å². The van der Waals surface area contributed by atoms with Crippen molar-refractivity contribution < 1.29 is 18.7 Å². The van der Waals surface area contributed by atoms with Crippen LogP contribution in [-0.4, -0.2) is 73.2 Å². The number of amides is 1. The van der Waals surface area contributed by atoms with Gasteiger partial charge in [-0.15, -0.1) is 0 Å². The smallest absolute Gasteiger partial charge is 0.276 e. The van der Waals surface area contributed by atoms with E-state index >= 15 is 0 Å². The standard InChI is InChI=1S/C19H23N3O4/c1-21-8-7-16-15(11-21)22(9-10-25-16)19(23)17-18(26-12-20-17)13-3-5-14(24-2)6-4-13/h3-6,12,15-16H,7-11H2,1-2H3/t15-,16+/m0/s1. The molecule has 1 aromatic carbocycles. The number of rotatable bonds is 3. The van der Waals surface area contributed by atoms with Gasteiger partial charge in [0, 0.05) is 25.2 Å². The van der Waals surface area contributed by atoms with Crippen LogP contribution in [0.4, 0.5) is 0 Å². The van der Waals surface area contributed by atoms with Crippen LogP contribution in [0.15, 0.2) is 35.1 Å². The minimum absolute atomic E-state index is 0.0513. The summed E-state index contributed by atoms with van der Waals surface area (Å²) in [4.78, 5) is 21.6. The number of aromatic nitrogens is 1. The number of benzene rings is 1. The molecule has 3 heterocycles. The van der Waals surface area contributed by atoms with Crippen molar-refractivity contribution in [3.05, 3.63) is 36.4 Å². The van der Waals surface area contributed by atoms with Gasteiger partial charge in [-0.2, -0.15) is 0 Å². The predicted octanol–water partition coefficient (Wildman–Crippen LogP) is 1.90. The van der Waals surface area contributed by atoms with Crippen molar-refractivity contribution in [2.24, 2.45) is 0 Å². The molecule has 0 saturated carbocycles. The second-order valence-electron chi connectivity index (χ2n) is 6.78. The second-order valence-corrected chi connectivity index (χ2v) is 6.78. The van der Waals surface area contributed by atoms with Crippen LogP contribution >= 0.6 is 0 Å². The predicted molar refractivity (Wildman–Crippen MR) is 95.2 cm³/mol. The summed E-state index contributed by atoms with van der Waals surface area (Å²) in [5.41, 5.74) is 1.15. The molecule has 2 saturated heterocycles. The van der Waals surface area contributed by atoms with E-state index in [4.69, 9.17) is 13.9 Å². The van der Waals surface area contributed by atoms with Gasteiger partial charge in [0.05, 0.1) is 25.9 Å². The summed E-state index contributed by atoms with van der Waals surface area (Å²) >= 11 is 0. The number of ether oxygens (including phenoxy) is 2. The molecule has 7 heteroatoms. The van der Waals surface area contributed by atoms with Gasteiger partial charge in [0.1, 0.15) is 5.75 Å². The first kappa shape index (κ1) is 17.1. The average Bonchev–Trinajstić information content (AvgIpc) is 3.17. The molecular formula is C19H23N3O4. The molecule has 4 rings (SSSR count). The van der Waals surface area contributed by atoms with Gasteiger partial charge < -0.3 is 23.7 Å². The number of methoxy groups -OCH3 is 1. The lowest BCUT2D eigenvalue weighted by molar-refractivity contribution is -0.0870. The highest BCUT2D eigenvalue weighted by atomic mass is 16.5. The third kappa shape index (κ3) is 3.08. The lowest BCUT2D eigenvalue weighted by Gasteiger charge is -2.46. The van der Waals surface area contributed by atoms with Crippen molar-refractivity contribution in [3.8, 4) is 17.1 Å². The summed E-state index contributed by atoms with van der Waals surface area (Å²) in [6.45, 7) is 2.94. The fourth-order valence-electron chi connectivity index (χ4n) is 3.76. The number of hydrogen-bond donors (Lipinski definition) is 0. The Hall–Kier alpha value is -2.38. The van der Waals surface area contributed by atoms with Crippen LogP contribution in [0, 0.1) is 0 Å². The molecule has 0 unspecified atom stereocenters. The lowest BCUT2D eigenvalue weighted by atomic mass is 9.98. The molecule has 1 amide bonds. The third-order valence-electron chi connectivity index (χ3n) is 5.17. The van der Waals surface area contributed by atoms with Gasteiger partial charge >= 0.3 is 0 Å². The van der Waals surface area contributed by atoms with E-state index in [-0.39, 0.29) is 18.1 Å². The molecule has 26 heavy (non-hydrogen) atoms. The molecule has 2 atom stereocenters. The summed E-state index contributed by atoms with van der Waals surface area (Å²) in [5.74, 6) is 1.14. The Balaban J connectivity index is 1.61. The third-order valence-corrected chi connectivity index (χ3v) is 5.17. The first-order valence-corrected chi connectivity index (χ1v) is 8.86. The highest BCUT2D eigenvalue weighted by Gasteiger charge is 2.40. The minimum atomic E-state index is -0.0989. The van der Waals surface area contributed by atoms with E-state index in [1.807, 2.05) is 29.2 Å². The van der Waals surface area contributed by atoms with Gasteiger partial charge in [-0.05, 0) is 37.7 Å². The van der Waals surface area contributed by atoms with Crippen LogP contribution in [0.5, 0.6) is 5.75 Å². The topological polar surface area (TPSA) is 68.0 Å². The van der Waals surface area contributed by atoms with Crippen molar-refractivity contribution in [1.82, 2.24) is 14.8 Å². The minimum Gasteiger partial charge on any atom is -0.497 e. The second kappa shape index (κ2) is 7.09. The van der Waals surface area contributed by atoms with Crippen LogP contribution in [0.2, 0.25) is 0 Å². The zero-order valence-electron chi connectivity index (χ0n) is 15.1. The molecule has 7 nitrogen and oxygen atoms in total. The Morgan fingerprint density at radius 3 is 2.85 bits per heavy atom. The molecule has 2 fully saturated rings. The molecule has 1 aromatic heterocycles. The van der Waals surface area contributed by atoms with Gasteiger partial charge in [-0.3, -0.25) is 4.79 Å². The summed E-state index contributed by atoms with van der Waals surface area (Å²) < 4.78 is 16.6. The van der Waals surface area contributed by atoms with Crippen LogP contribution in [-0.2, 0) is 4.74 Å². The molecule has 2 aromatic rings. The Morgan fingerprint density at radius 1 is 1.27 bits per heavy atom. The summed E-state index contributed by atoms with van der Waals surface area (Å²) in [7, 11) is 3.70. The van der Waals surface area contributed by atoms with E-state index in [1.54, 1.807) is 7.11 Å². The molecule has 2 aliphatic heterocycles. The number of likely N-dealkylation sites (N-methyl/N-ethyl adjacent to an activating group) is 1. The van der Waals surface area contributed by atoms with Crippen molar-refractivity contribution in [2.75, 3.05) is 40.4 Å².